The lowest BCUT2D eigenvalue weighted by molar-refractivity contribution is 0.832. The van der Waals surface area contributed by atoms with Gasteiger partial charge >= 0.3 is 0 Å². The number of hydrogen-bond donors (Lipinski definition) is 0. The van der Waals surface area contributed by atoms with Gasteiger partial charge in [-0.2, -0.15) is 11.1 Å². The summed E-state index contributed by atoms with van der Waals surface area (Å²) in [6.45, 7) is 6.59. The van der Waals surface area contributed by atoms with Gasteiger partial charge < -0.3 is 0 Å². The average molecular weight is 191 g/mol. The van der Waals surface area contributed by atoms with Crippen LogP contribution in [-0.4, -0.2) is 8.11 Å². The van der Waals surface area contributed by atoms with Gasteiger partial charge in [-0.05, 0) is 12.0 Å². The molecule has 0 nitrogen and oxygen atoms in total. The lowest BCUT2D eigenvalue weighted by Gasteiger charge is -2.00. The first kappa shape index (κ1) is 11.2. The molecule has 0 saturated carbocycles. The third-order valence-electron chi connectivity index (χ3n) is 1.54. The Balaban J connectivity index is 3.42. The molecule has 11 heavy (non-hydrogen) atoms. The molecular weight excluding hydrogens is 172 g/mol. The van der Waals surface area contributed by atoms with Crippen LogP contribution in [0.5, 0.6) is 0 Å². The lowest BCUT2D eigenvalue weighted by Crippen LogP contribution is -1.98. The summed E-state index contributed by atoms with van der Waals surface area (Å²) in [4.78, 5) is 0. The molecule has 0 aromatic rings. The molecule has 0 amide bonds. The van der Waals surface area contributed by atoms with E-state index in [9.17, 15) is 0 Å². The van der Waals surface area contributed by atoms with Crippen molar-refractivity contribution >= 4 is 19.2 Å². The van der Waals surface area contributed by atoms with Crippen molar-refractivity contribution in [1.82, 2.24) is 0 Å². The number of allylic oxidation sites excluding steroid dienone is 1. The standard InChI is InChI=1S/C9H19ClSi/c1-4-5-7-11(10)8-6-9(2)3/h6,8-9,11H,4-5,7H2,1-3H3. The summed E-state index contributed by atoms with van der Waals surface area (Å²) in [5.74, 6) is 0.658. The molecule has 0 fully saturated rings. The van der Waals surface area contributed by atoms with Crippen molar-refractivity contribution in [1.29, 1.82) is 0 Å². The van der Waals surface area contributed by atoms with Crippen molar-refractivity contribution in [3.8, 4) is 0 Å². The molecule has 0 aromatic heterocycles. The predicted octanol–water partition coefficient (Wildman–Crippen LogP) is 3.50. The monoisotopic (exact) mass is 190 g/mol. The Morgan fingerprint density at radius 3 is 2.55 bits per heavy atom. The van der Waals surface area contributed by atoms with E-state index < -0.39 is 8.11 Å². The van der Waals surface area contributed by atoms with Crippen molar-refractivity contribution < 1.29 is 0 Å². The van der Waals surface area contributed by atoms with Crippen LogP contribution in [0.15, 0.2) is 11.8 Å². The van der Waals surface area contributed by atoms with E-state index in [1.54, 1.807) is 0 Å². The molecule has 0 aliphatic rings. The molecule has 0 aromatic carbocycles. The first-order valence-electron chi connectivity index (χ1n) is 4.49. The molecule has 0 N–H and O–H groups in total. The van der Waals surface area contributed by atoms with E-state index in [0.717, 1.165) is 0 Å². The minimum Gasteiger partial charge on any atom is -0.166 e. The van der Waals surface area contributed by atoms with Gasteiger partial charge in [0.25, 0.3) is 0 Å². The number of rotatable bonds is 5. The Morgan fingerprint density at radius 2 is 2.09 bits per heavy atom. The van der Waals surface area contributed by atoms with Gasteiger partial charge in [0, 0.05) is 0 Å². The normalized spacial score (nSPS) is 14.6. The Bertz CT molecular complexity index is 110. The van der Waals surface area contributed by atoms with Gasteiger partial charge in [-0.3, -0.25) is 0 Å². The maximum absolute atomic E-state index is 6.16. The third-order valence-corrected chi connectivity index (χ3v) is 4.23. The van der Waals surface area contributed by atoms with Crippen molar-refractivity contribution in [3.63, 3.8) is 0 Å². The highest BCUT2D eigenvalue weighted by Gasteiger charge is 2.00. The predicted molar refractivity (Wildman–Crippen MR) is 56.7 cm³/mol. The second-order valence-corrected chi connectivity index (χ2v) is 6.96. The molecule has 1 atom stereocenters. The van der Waals surface area contributed by atoms with Gasteiger partial charge in [0.2, 0.25) is 0 Å². The van der Waals surface area contributed by atoms with Crippen molar-refractivity contribution in [2.75, 3.05) is 0 Å². The first-order valence-corrected chi connectivity index (χ1v) is 7.72. The summed E-state index contributed by atoms with van der Waals surface area (Å²) in [5, 5.41) is 0. The van der Waals surface area contributed by atoms with Crippen LogP contribution >= 0.6 is 11.1 Å². The Morgan fingerprint density at radius 1 is 1.45 bits per heavy atom. The van der Waals surface area contributed by atoms with E-state index in [-0.39, 0.29) is 0 Å². The van der Waals surface area contributed by atoms with Crippen LogP contribution in [0.2, 0.25) is 6.04 Å². The maximum Gasteiger partial charge on any atom is 0.164 e. The molecule has 0 heterocycles. The molecule has 66 valence electrons. The topological polar surface area (TPSA) is 0 Å². The smallest absolute Gasteiger partial charge is 0.164 e. The van der Waals surface area contributed by atoms with E-state index in [0.29, 0.717) is 5.92 Å². The van der Waals surface area contributed by atoms with Crippen LogP contribution < -0.4 is 0 Å². The minimum absolute atomic E-state index is 0.658. The van der Waals surface area contributed by atoms with Crippen LogP contribution in [0.3, 0.4) is 0 Å². The van der Waals surface area contributed by atoms with Gasteiger partial charge in [-0.1, -0.05) is 45.4 Å². The van der Waals surface area contributed by atoms with Gasteiger partial charge in [0.05, 0.1) is 0 Å². The fourth-order valence-corrected chi connectivity index (χ4v) is 3.23. The summed E-state index contributed by atoms with van der Waals surface area (Å²) in [5.41, 5.74) is 2.25. The van der Waals surface area contributed by atoms with Crippen LogP contribution in [0.1, 0.15) is 33.6 Å². The largest absolute Gasteiger partial charge is 0.166 e. The van der Waals surface area contributed by atoms with E-state index in [2.05, 4.69) is 32.5 Å². The zero-order valence-electron chi connectivity index (χ0n) is 7.81. The molecule has 0 radical (unpaired) electrons. The van der Waals surface area contributed by atoms with E-state index in [1.807, 2.05) is 0 Å². The summed E-state index contributed by atoms with van der Waals surface area (Å²) in [6.07, 6.45) is 4.80. The molecule has 0 rings (SSSR count). The van der Waals surface area contributed by atoms with Crippen LogP contribution in [0.25, 0.3) is 0 Å². The third kappa shape index (κ3) is 8.15. The Hall–Kier alpha value is 0.247. The van der Waals surface area contributed by atoms with Crippen molar-refractivity contribution in [2.24, 2.45) is 5.92 Å². The first-order chi connectivity index (χ1) is 5.16. The SMILES string of the molecule is CCCC[SiH](Cl)C=CC(C)C. The van der Waals surface area contributed by atoms with Crippen LogP contribution in [0, 0.1) is 5.92 Å². The lowest BCUT2D eigenvalue weighted by atomic mass is 10.2. The molecular formula is C9H19ClSi. The highest BCUT2D eigenvalue weighted by Crippen LogP contribution is 2.07. The molecule has 2 heteroatoms. The average Bonchev–Trinajstić information content (AvgIpc) is 1.97. The minimum atomic E-state index is -0.984. The quantitative estimate of drug-likeness (QED) is 0.460. The summed E-state index contributed by atoms with van der Waals surface area (Å²) >= 11 is 6.16. The fraction of sp³-hybridized carbons (Fsp3) is 0.778. The molecule has 1 unspecified atom stereocenters. The maximum atomic E-state index is 6.16. The highest BCUT2D eigenvalue weighted by atomic mass is 35.6. The molecule has 0 saturated heterocycles. The van der Waals surface area contributed by atoms with Gasteiger partial charge in [0.1, 0.15) is 0 Å². The van der Waals surface area contributed by atoms with Crippen LogP contribution in [0.4, 0.5) is 0 Å². The van der Waals surface area contributed by atoms with Gasteiger partial charge in [-0.25, -0.2) is 0 Å². The van der Waals surface area contributed by atoms with Gasteiger partial charge in [0.15, 0.2) is 8.11 Å². The van der Waals surface area contributed by atoms with E-state index in [4.69, 9.17) is 11.1 Å². The summed E-state index contributed by atoms with van der Waals surface area (Å²) in [6, 6.07) is 1.25. The molecule has 0 spiro atoms. The second kappa shape index (κ2) is 6.93. The highest BCUT2D eigenvalue weighted by molar-refractivity contribution is 7.09. The summed E-state index contributed by atoms with van der Waals surface area (Å²) < 4.78 is 0. The zero-order chi connectivity index (χ0) is 8.69. The molecule has 0 aliphatic carbocycles. The van der Waals surface area contributed by atoms with Gasteiger partial charge in [-0.15, -0.1) is 0 Å². The Kier molecular flexibility index (Phi) is 7.08. The Labute approximate surface area is 77.0 Å². The van der Waals surface area contributed by atoms with Crippen molar-refractivity contribution in [2.45, 2.75) is 39.7 Å². The number of unbranched alkanes of at least 4 members (excludes halogenated alkanes) is 1. The number of hydrogen-bond acceptors (Lipinski definition) is 0. The molecule has 0 bridgehead atoms. The fourth-order valence-electron chi connectivity index (χ4n) is 0.838. The van der Waals surface area contributed by atoms with Crippen LogP contribution in [-0.2, 0) is 0 Å². The van der Waals surface area contributed by atoms with E-state index >= 15 is 0 Å². The second-order valence-electron chi connectivity index (χ2n) is 3.29. The zero-order valence-corrected chi connectivity index (χ0v) is 9.72. The number of halogens is 1. The summed E-state index contributed by atoms with van der Waals surface area (Å²) in [7, 11) is -0.984. The molecule has 0 aliphatic heterocycles. The van der Waals surface area contributed by atoms with E-state index in [1.165, 1.54) is 18.9 Å². The van der Waals surface area contributed by atoms with Crippen molar-refractivity contribution in [3.05, 3.63) is 11.8 Å².